The van der Waals surface area contributed by atoms with Gasteiger partial charge in [-0.1, -0.05) is 30.3 Å². The lowest BCUT2D eigenvalue weighted by molar-refractivity contribution is -0.222. The standard InChI is InChI=1S/C20H17FO4/c1-12-7-8-15(11-17(12)21)14-6-4-5-13(9-14)10-16-18(22)24-20(2,3)25-19(16)23/h4-11H,1-3H3. The topological polar surface area (TPSA) is 52.6 Å². The van der Waals surface area contributed by atoms with Crippen LogP contribution in [0.2, 0.25) is 0 Å². The molecule has 4 nitrogen and oxygen atoms in total. The molecule has 0 radical (unpaired) electrons. The first kappa shape index (κ1) is 16.9. The molecule has 3 rings (SSSR count). The van der Waals surface area contributed by atoms with Gasteiger partial charge < -0.3 is 9.47 Å². The largest absolute Gasteiger partial charge is 0.419 e. The second kappa shape index (κ2) is 6.16. The number of halogens is 1. The zero-order chi connectivity index (χ0) is 18.2. The van der Waals surface area contributed by atoms with Crippen molar-refractivity contribution in [1.29, 1.82) is 0 Å². The molecule has 0 amide bonds. The van der Waals surface area contributed by atoms with Crippen LogP contribution >= 0.6 is 0 Å². The molecule has 5 heteroatoms. The van der Waals surface area contributed by atoms with E-state index in [1.54, 1.807) is 31.2 Å². The number of hydrogen-bond acceptors (Lipinski definition) is 4. The number of esters is 2. The Morgan fingerprint density at radius 2 is 1.60 bits per heavy atom. The van der Waals surface area contributed by atoms with Crippen molar-refractivity contribution in [1.82, 2.24) is 0 Å². The van der Waals surface area contributed by atoms with Crippen LogP contribution in [-0.4, -0.2) is 17.7 Å². The maximum Gasteiger partial charge on any atom is 0.348 e. The summed E-state index contributed by atoms with van der Waals surface area (Å²) in [6, 6.07) is 12.1. The van der Waals surface area contributed by atoms with Crippen LogP contribution in [0.1, 0.15) is 25.0 Å². The van der Waals surface area contributed by atoms with E-state index >= 15 is 0 Å². The summed E-state index contributed by atoms with van der Waals surface area (Å²) in [7, 11) is 0. The molecule has 2 aromatic carbocycles. The number of hydrogen-bond donors (Lipinski definition) is 0. The molecule has 0 aliphatic carbocycles. The number of benzene rings is 2. The molecule has 1 fully saturated rings. The Bertz CT molecular complexity index is 874. The lowest BCUT2D eigenvalue weighted by Crippen LogP contribution is -2.41. The van der Waals surface area contributed by atoms with Gasteiger partial charge in [-0.05, 0) is 47.4 Å². The van der Waals surface area contributed by atoms with Crippen molar-refractivity contribution >= 4 is 18.0 Å². The van der Waals surface area contributed by atoms with E-state index in [-0.39, 0.29) is 11.4 Å². The Morgan fingerprint density at radius 3 is 2.24 bits per heavy atom. The summed E-state index contributed by atoms with van der Waals surface area (Å²) in [5, 5.41) is 0. The van der Waals surface area contributed by atoms with Crippen LogP contribution in [0.4, 0.5) is 4.39 Å². The van der Waals surface area contributed by atoms with Gasteiger partial charge in [0.2, 0.25) is 0 Å². The van der Waals surface area contributed by atoms with E-state index in [1.807, 2.05) is 12.1 Å². The van der Waals surface area contributed by atoms with Gasteiger partial charge in [-0.2, -0.15) is 0 Å². The summed E-state index contributed by atoms with van der Waals surface area (Å²) in [5.74, 6) is -3.02. The molecule has 0 saturated carbocycles. The zero-order valence-corrected chi connectivity index (χ0v) is 14.1. The molecule has 1 aliphatic heterocycles. The number of cyclic esters (lactones) is 2. The van der Waals surface area contributed by atoms with Gasteiger partial charge in [-0.15, -0.1) is 0 Å². The maximum atomic E-state index is 13.8. The fourth-order valence-electron chi connectivity index (χ4n) is 2.53. The molecule has 1 heterocycles. The highest BCUT2D eigenvalue weighted by Gasteiger charge is 2.38. The molecule has 0 spiro atoms. The van der Waals surface area contributed by atoms with Crippen molar-refractivity contribution < 1.29 is 23.5 Å². The first-order valence-electron chi connectivity index (χ1n) is 7.80. The summed E-state index contributed by atoms with van der Waals surface area (Å²) >= 11 is 0. The van der Waals surface area contributed by atoms with Crippen LogP contribution in [0.25, 0.3) is 17.2 Å². The molecule has 1 saturated heterocycles. The fraction of sp³-hybridized carbons (Fsp3) is 0.200. The second-order valence-corrected chi connectivity index (χ2v) is 6.33. The number of ether oxygens (including phenoxy) is 2. The lowest BCUT2D eigenvalue weighted by atomic mass is 10.0. The van der Waals surface area contributed by atoms with Crippen LogP contribution in [0.5, 0.6) is 0 Å². The maximum absolute atomic E-state index is 13.8. The van der Waals surface area contributed by atoms with Crippen molar-refractivity contribution in [3.8, 4) is 11.1 Å². The van der Waals surface area contributed by atoms with Crippen molar-refractivity contribution in [2.75, 3.05) is 0 Å². The van der Waals surface area contributed by atoms with Crippen molar-refractivity contribution in [2.24, 2.45) is 0 Å². The smallest absolute Gasteiger partial charge is 0.348 e. The quantitative estimate of drug-likeness (QED) is 0.471. The average Bonchev–Trinajstić information content (AvgIpc) is 2.53. The zero-order valence-electron chi connectivity index (χ0n) is 14.1. The lowest BCUT2D eigenvalue weighted by Gasteiger charge is -2.29. The van der Waals surface area contributed by atoms with E-state index in [0.717, 1.165) is 5.56 Å². The minimum Gasteiger partial charge on any atom is -0.419 e. The second-order valence-electron chi connectivity index (χ2n) is 6.33. The van der Waals surface area contributed by atoms with E-state index in [2.05, 4.69) is 0 Å². The van der Waals surface area contributed by atoms with Crippen LogP contribution in [0, 0.1) is 12.7 Å². The summed E-state index contributed by atoms with van der Waals surface area (Å²) in [6.45, 7) is 4.68. The summed E-state index contributed by atoms with van der Waals surface area (Å²) in [6.07, 6.45) is 1.41. The summed E-state index contributed by atoms with van der Waals surface area (Å²) in [5.41, 5.74) is 2.48. The Morgan fingerprint density at radius 1 is 0.960 bits per heavy atom. The highest BCUT2D eigenvalue weighted by atomic mass is 19.1. The Balaban J connectivity index is 1.95. The molecule has 25 heavy (non-hydrogen) atoms. The molecule has 0 bridgehead atoms. The van der Waals surface area contributed by atoms with Crippen LogP contribution < -0.4 is 0 Å². The van der Waals surface area contributed by atoms with Gasteiger partial charge in [0.25, 0.3) is 5.79 Å². The molecule has 128 valence electrons. The van der Waals surface area contributed by atoms with Gasteiger partial charge in [-0.25, -0.2) is 14.0 Å². The van der Waals surface area contributed by atoms with Crippen molar-refractivity contribution in [3.05, 3.63) is 65.0 Å². The molecule has 2 aromatic rings. The predicted octanol–water partition coefficient (Wildman–Crippen LogP) is 4.02. The molecule has 0 unspecified atom stereocenters. The highest BCUT2D eigenvalue weighted by Crippen LogP contribution is 2.26. The third kappa shape index (κ3) is 3.60. The van der Waals surface area contributed by atoms with Gasteiger partial charge in [-0.3, -0.25) is 0 Å². The third-order valence-electron chi connectivity index (χ3n) is 3.82. The van der Waals surface area contributed by atoms with Gasteiger partial charge in [0.05, 0.1) is 0 Å². The monoisotopic (exact) mass is 340 g/mol. The normalized spacial score (nSPS) is 16.2. The summed E-state index contributed by atoms with van der Waals surface area (Å²) in [4.78, 5) is 24.0. The predicted molar refractivity (Wildman–Crippen MR) is 90.8 cm³/mol. The number of rotatable bonds is 2. The van der Waals surface area contributed by atoms with Crippen molar-refractivity contribution in [2.45, 2.75) is 26.6 Å². The molecular formula is C20H17FO4. The number of carbonyl (C=O) groups is 2. The number of carbonyl (C=O) groups excluding carboxylic acids is 2. The summed E-state index contributed by atoms with van der Waals surface area (Å²) < 4.78 is 23.9. The van der Waals surface area contributed by atoms with Crippen LogP contribution in [-0.2, 0) is 19.1 Å². The molecule has 0 aromatic heterocycles. The third-order valence-corrected chi connectivity index (χ3v) is 3.82. The Kier molecular flexibility index (Phi) is 4.17. The van der Waals surface area contributed by atoms with Gasteiger partial charge in [0, 0.05) is 13.8 Å². The average molecular weight is 340 g/mol. The Hall–Kier alpha value is -2.95. The molecule has 0 N–H and O–H groups in total. The van der Waals surface area contributed by atoms with Crippen LogP contribution in [0.15, 0.2) is 48.0 Å². The molecule has 1 aliphatic rings. The first-order valence-corrected chi connectivity index (χ1v) is 7.80. The SMILES string of the molecule is Cc1ccc(-c2cccc(C=C3C(=O)OC(C)(C)OC3=O)c2)cc1F. The minimum absolute atomic E-state index is 0.174. The van der Waals surface area contributed by atoms with E-state index in [1.165, 1.54) is 26.0 Å². The first-order chi connectivity index (χ1) is 11.7. The van der Waals surface area contributed by atoms with Gasteiger partial charge >= 0.3 is 11.9 Å². The number of aryl methyl sites for hydroxylation is 1. The van der Waals surface area contributed by atoms with Gasteiger partial charge in [0.1, 0.15) is 11.4 Å². The van der Waals surface area contributed by atoms with E-state index in [4.69, 9.17) is 9.47 Å². The van der Waals surface area contributed by atoms with E-state index in [0.29, 0.717) is 16.7 Å². The van der Waals surface area contributed by atoms with Crippen LogP contribution in [0.3, 0.4) is 0 Å². The fourth-order valence-corrected chi connectivity index (χ4v) is 2.53. The molecular weight excluding hydrogens is 323 g/mol. The minimum atomic E-state index is -1.27. The van der Waals surface area contributed by atoms with E-state index in [9.17, 15) is 14.0 Å². The highest BCUT2D eigenvalue weighted by molar-refractivity contribution is 6.18. The molecule has 0 atom stereocenters. The van der Waals surface area contributed by atoms with Crippen molar-refractivity contribution in [3.63, 3.8) is 0 Å². The van der Waals surface area contributed by atoms with Gasteiger partial charge in [0.15, 0.2) is 0 Å². The van der Waals surface area contributed by atoms with E-state index < -0.39 is 17.7 Å². The Labute approximate surface area is 144 Å².